The van der Waals surface area contributed by atoms with Gasteiger partial charge in [-0.25, -0.2) is 0 Å². The van der Waals surface area contributed by atoms with Crippen molar-refractivity contribution in [2.75, 3.05) is 0 Å². The molecule has 1 heterocycles. The third-order valence-electron chi connectivity index (χ3n) is 1.89. The van der Waals surface area contributed by atoms with Crippen LogP contribution in [0, 0.1) is 5.92 Å². The molecule has 0 saturated carbocycles. The van der Waals surface area contributed by atoms with Gasteiger partial charge in [-0.15, -0.1) is 0 Å². The lowest BCUT2D eigenvalue weighted by Crippen LogP contribution is -2.12. The number of aliphatic hydroxyl groups is 1. The molecule has 0 radical (unpaired) electrons. The number of rotatable bonds is 4. The number of furan rings is 1. The fraction of sp³-hybridized carbons (Fsp3) is 0.444. The maximum Gasteiger partial charge on any atom is 0.132 e. The Morgan fingerprint density at radius 1 is 1.75 bits per heavy atom. The van der Waals surface area contributed by atoms with Crippen molar-refractivity contribution in [3.63, 3.8) is 0 Å². The van der Waals surface area contributed by atoms with Crippen molar-refractivity contribution in [1.82, 2.24) is 0 Å². The normalized spacial score (nSPS) is 15.5. The molecule has 66 valence electrons. The molecule has 1 N–H and O–H groups in total. The van der Waals surface area contributed by atoms with Crippen molar-refractivity contribution in [3.05, 3.63) is 24.2 Å². The summed E-state index contributed by atoms with van der Waals surface area (Å²) in [6, 6.07) is 3.35. The van der Waals surface area contributed by atoms with Crippen LogP contribution in [0.1, 0.15) is 25.2 Å². The van der Waals surface area contributed by atoms with E-state index < -0.39 is 6.10 Å². The zero-order chi connectivity index (χ0) is 8.97. The second-order valence-electron chi connectivity index (χ2n) is 2.67. The fourth-order valence-corrected chi connectivity index (χ4v) is 1.06. The van der Waals surface area contributed by atoms with Crippen molar-refractivity contribution in [2.45, 2.75) is 19.4 Å². The van der Waals surface area contributed by atoms with Crippen molar-refractivity contribution < 1.29 is 14.3 Å². The van der Waals surface area contributed by atoms with Gasteiger partial charge < -0.3 is 14.3 Å². The van der Waals surface area contributed by atoms with Crippen molar-refractivity contribution >= 4 is 6.29 Å². The summed E-state index contributed by atoms with van der Waals surface area (Å²) in [5, 5.41) is 9.54. The van der Waals surface area contributed by atoms with Crippen LogP contribution in [-0.4, -0.2) is 11.4 Å². The largest absolute Gasteiger partial charge is 0.467 e. The van der Waals surface area contributed by atoms with Gasteiger partial charge in [-0.3, -0.25) is 0 Å². The quantitative estimate of drug-likeness (QED) is 0.694. The van der Waals surface area contributed by atoms with E-state index in [-0.39, 0.29) is 5.92 Å². The number of aldehydes is 1. The highest BCUT2D eigenvalue weighted by atomic mass is 16.4. The molecule has 0 saturated heterocycles. The molecule has 3 heteroatoms. The van der Waals surface area contributed by atoms with Gasteiger partial charge in [0.05, 0.1) is 6.26 Å². The molecular formula is C9H12O3. The van der Waals surface area contributed by atoms with Gasteiger partial charge in [0, 0.05) is 5.92 Å². The van der Waals surface area contributed by atoms with Gasteiger partial charge in [0.1, 0.15) is 18.2 Å². The van der Waals surface area contributed by atoms with E-state index >= 15 is 0 Å². The van der Waals surface area contributed by atoms with Crippen LogP contribution < -0.4 is 0 Å². The summed E-state index contributed by atoms with van der Waals surface area (Å²) in [7, 11) is 0. The Bertz CT molecular complexity index is 228. The van der Waals surface area contributed by atoms with Gasteiger partial charge in [-0.1, -0.05) is 6.92 Å². The number of aliphatic hydroxyl groups excluding tert-OH is 1. The van der Waals surface area contributed by atoms with Crippen LogP contribution in [0.25, 0.3) is 0 Å². The van der Waals surface area contributed by atoms with Crippen LogP contribution in [0.15, 0.2) is 22.8 Å². The first-order valence-corrected chi connectivity index (χ1v) is 3.96. The van der Waals surface area contributed by atoms with Crippen LogP contribution in [0.5, 0.6) is 0 Å². The van der Waals surface area contributed by atoms with E-state index in [0.717, 1.165) is 6.29 Å². The Morgan fingerprint density at radius 2 is 2.50 bits per heavy atom. The van der Waals surface area contributed by atoms with Crippen LogP contribution in [0.3, 0.4) is 0 Å². The van der Waals surface area contributed by atoms with Gasteiger partial charge >= 0.3 is 0 Å². The summed E-state index contributed by atoms with van der Waals surface area (Å²) in [4.78, 5) is 10.5. The first kappa shape index (κ1) is 9.00. The zero-order valence-electron chi connectivity index (χ0n) is 6.93. The lowest BCUT2D eigenvalue weighted by Gasteiger charge is -2.12. The van der Waals surface area contributed by atoms with Gasteiger partial charge in [0.2, 0.25) is 0 Å². The summed E-state index contributed by atoms with van der Waals surface area (Å²) < 4.78 is 4.97. The molecule has 0 amide bonds. The molecule has 0 fully saturated rings. The number of carbonyl (C=O) groups is 1. The van der Waals surface area contributed by atoms with Gasteiger partial charge in [-0.05, 0) is 18.6 Å². The maximum atomic E-state index is 10.5. The third-order valence-corrected chi connectivity index (χ3v) is 1.89. The highest BCUT2D eigenvalue weighted by molar-refractivity contribution is 5.54. The van der Waals surface area contributed by atoms with Crippen LogP contribution >= 0.6 is 0 Å². The Balaban J connectivity index is 2.69. The summed E-state index contributed by atoms with van der Waals surface area (Å²) >= 11 is 0. The molecule has 0 aliphatic heterocycles. The number of hydrogen-bond acceptors (Lipinski definition) is 3. The van der Waals surface area contributed by atoms with Crippen LogP contribution in [0.4, 0.5) is 0 Å². The van der Waals surface area contributed by atoms with Crippen molar-refractivity contribution in [3.8, 4) is 0 Å². The average molecular weight is 168 g/mol. The Morgan fingerprint density at radius 3 is 2.92 bits per heavy atom. The number of hydrogen-bond donors (Lipinski definition) is 1. The minimum absolute atomic E-state index is 0.365. The third kappa shape index (κ3) is 1.74. The molecule has 0 unspecified atom stereocenters. The highest BCUT2D eigenvalue weighted by Gasteiger charge is 2.20. The van der Waals surface area contributed by atoms with E-state index in [1.165, 1.54) is 6.26 Å². The van der Waals surface area contributed by atoms with E-state index in [1.807, 2.05) is 6.92 Å². The maximum absolute atomic E-state index is 10.5. The predicted octanol–water partition coefficient (Wildman–Crippen LogP) is 1.54. The molecule has 0 bridgehead atoms. The minimum Gasteiger partial charge on any atom is -0.467 e. The molecule has 1 rings (SSSR count). The van der Waals surface area contributed by atoms with Gasteiger partial charge in [0.25, 0.3) is 0 Å². The first-order chi connectivity index (χ1) is 5.79. The lowest BCUT2D eigenvalue weighted by molar-refractivity contribution is -0.114. The van der Waals surface area contributed by atoms with Crippen molar-refractivity contribution in [1.29, 1.82) is 0 Å². The zero-order valence-corrected chi connectivity index (χ0v) is 6.93. The summed E-state index contributed by atoms with van der Waals surface area (Å²) in [6.07, 6.45) is 2.05. The molecule has 0 spiro atoms. The standard InChI is InChI=1S/C9H12O3/c1-2-7(6-10)9(11)8-4-3-5-12-8/h3-7,9,11H,2H2,1H3/t7-,9+/m1/s1. The fourth-order valence-electron chi connectivity index (χ4n) is 1.06. The second kappa shape index (κ2) is 4.07. The topological polar surface area (TPSA) is 50.4 Å². The molecule has 1 aromatic heterocycles. The Kier molecular flexibility index (Phi) is 3.05. The molecule has 0 aromatic carbocycles. The molecule has 3 nitrogen and oxygen atoms in total. The monoisotopic (exact) mass is 168 g/mol. The Labute approximate surface area is 71.0 Å². The number of carbonyl (C=O) groups excluding carboxylic acids is 1. The molecule has 12 heavy (non-hydrogen) atoms. The van der Waals surface area contributed by atoms with E-state index in [9.17, 15) is 9.90 Å². The van der Waals surface area contributed by atoms with E-state index in [1.54, 1.807) is 12.1 Å². The van der Waals surface area contributed by atoms with E-state index in [2.05, 4.69) is 0 Å². The second-order valence-corrected chi connectivity index (χ2v) is 2.67. The van der Waals surface area contributed by atoms with Crippen LogP contribution in [0.2, 0.25) is 0 Å². The molecular weight excluding hydrogens is 156 g/mol. The highest BCUT2D eigenvalue weighted by Crippen LogP contribution is 2.22. The summed E-state index contributed by atoms with van der Waals surface area (Å²) in [5.74, 6) is 0.0881. The van der Waals surface area contributed by atoms with Crippen LogP contribution in [-0.2, 0) is 4.79 Å². The first-order valence-electron chi connectivity index (χ1n) is 3.96. The molecule has 1 aromatic rings. The van der Waals surface area contributed by atoms with Gasteiger partial charge in [-0.2, -0.15) is 0 Å². The molecule has 2 atom stereocenters. The average Bonchev–Trinajstić information content (AvgIpc) is 2.58. The smallest absolute Gasteiger partial charge is 0.132 e. The minimum atomic E-state index is -0.803. The predicted molar refractivity (Wildman–Crippen MR) is 43.5 cm³/mol. The Hall–Kier alpha value is -1.09. The van der Waals surface area contributed by atoms with E-state index in [0.29, 0.717) is 12.2 Å². The van der Waals surface area contributed by atoms with Crippen molar-refractivity contribution in [2.24, 2.45) is 5.92 Å². The summed E-state index contributed by atoms with van der Waals surface area (Å²) in [6.45, 7) is 1.85. The summed E-state index contributed by atoms with van der Waals surface area (Å²) in [5.41, 5.74) is 0. The van der Waals surface area contributed by atoms with Gasteiger partial charge in [0.15, 0.2) is 0 Å². The lowest BCUT2D eigenvalue weighted by atomic mass is 10.00. The van der Waals surface area contributed by atoms with E-state index in [4.69, 9.17) is 4.42 Å². The molecule has 0 aliphatic carbocycles. The molecule has 0 aliphatic rings. The SMILES string of the molecule is CC[C@H](C=O)[C@H](O)c1ccco1.